The first-order valence-electron chi connectivity index (χ1n) is 6.79. The van der Waals surface area contributed by atoms with E-state index in [1.807, 2.05) is 6.07 Å². The van der Waals surface area contributed by atoms with Gasteiger partial charge in [-0.15, -0.1) is 0 Å². The molecule has 5 heteroatoms. The highest BCUT2D eigenvalue weighted by molar-refractivity contribution is 5.29. The average Bonchev–Trinajstić information content (AvgIpc) is 2.41. The number of rotatable bonds is 5. The summed E-state index contributed by atoms with van der Waals surface area (Å²) in [5.41, 5.74) is 6.08. The van der Waals surface area contributed by atoms with Crippen LogP contribution in [0.2, 0.25) is 0 Å². The van der Waals surface area contributed by atoms with Crippen LogP contribution >= 0.6 is 0 Å². The van der Waals surface area contributed by atoms with Crippen molar-refractivity contribution >= 4 is 5.95 Å². The Kier molecular flexibility index (Phi) is 4.90. The van der Waals surface area contributed by atoms with Crippen LogP contribution in [-0.4, -0.2) is 53.6 Å². The minimum Gasteiger partial charge on any atom is -0.338 e. The van der Waals surface area contributed by atoms with Crippen LogP contribution in [0.3, 0.4) is 0 Å². The minimum absolute atomic E-state index is 0.314. The molecule has 0 aromatic carbocycles. The van der Waals surface area contributed by atoms with Gasteiger partial charge < -0.3 is 10.6 Å². The summed E-state index contributed by atoms with van der Waals surface area (Å²) in [4.78, 5) is 13.3. The highest BCUT2D eigenvalue weighted by Gasteiger charge is 2.19. The Morgan fingerprint density at radius 2 is 1.89 bits per heavy atom. The largest absolute Gasteiger partial charge is 0.338 e. The van der Waals surface area contributed by atoms with E-state index in [2.05, 4.69) is 26.7 Å². The van der Waals surface area contributed by atoms with Gasteiger partial charge in [-0.05, 0) is 12.5 Å². The average molecular weight is 249 g/mol. The number of hydrogen-bond donors (Lipinski definition) is 1. The van der Waals surface area contributed by atoms with Gasteiger partial charge in [0.15, 0.2) is 0 Å². The van der Waals surface area contributed by atoms with Crippen molar-refractivity contribution in [3.8, 4) is 0 Å². The summed E-state index contributed by atoms with van der Waals surface area (Å²) in [7, 11) is 0. The first kappa shape index (κ1) is 13.2. The lowest BCUT2D eigenvalue weighted by Crippen LogP contribution is -2.50. The summed E-state index contributed by atoms with van der Waals surface area (Å²) in [5.74, 6) is 0.843. The summed E-state index contributed by atoms with van der Waals surface area (Å²) in [6.45, 7) is 7.28. The molecule has 1 aliphatic rings. The van der Waals surface area contributed by atoms with Crippen LogP contribution in [0.15, 0.2) is 18.5 Å². The van der Waals surface area contributed by atoms with E-state index in [4.69, 9.17) is 5.73 Å². The van der Waals surface area contributed by atoms with E-state index in [1.54, 1.807) is 12.4 Å². The van der Waals surface area contributed by atoms with E-state index in [-0.39, 0.29) is 0 Å². The van der Waals surface area contributed by atoms with Crippen molar-refractivity contribution in [1.29, 1.82) is 0 Å². The van der Waals surface area contributed by atoms with Gasteiger partial charge in [0.1, 0.15) is 0 Å². The highest BCUT2D eigenvalue weighted by atomic mass is 15.3. The topological polar surface area (TPSA) is 58.3 Å². The van der Waals surface area contributed by atoms with Gasteiger partial charge in [-0.25, -0.2) is 9.97 Å². The molecule has 1 saturated heterocycles. The molecule has 0 bridgehead atoms. The normalized spacial score (nSPS) is 18.9. The standard InChI is InChI=1S/C13H23N5/c1-2-4-12(14)11-17-7-9-18(10-8-17)13-15-5-3-6-16-13/h3,5-6,12H,2,4,7-11,14H2,1H3/t12-/m0/s1. The van der Waals surface area contributed by atoms with Crippen molar-refractivity contribution in [3.05, 3.63) is 18.5 Å². The van der Waals surface area contributed by atoms with Crippen LogP contribution < -0.4 is 10.6 Å². The summed E-state index contributed by atoms with van der Waals surface area (Å²) < 4.78 is 0. The predicted octanol–water partition coefficient (Wildman–Crippen LogP) is 0.726. The molecule has 0 saturated carbocycles. The van der Waals surface area contributed by atoms with Gasteiger partial charge in [0, 0.05) is 51.2 Å². The van der Waals surface area contributed by atoms with Crippen LogP contribution in [0.25, 0.3) is 0 Å². The van der Waals surface area contributed by atoms with Crippen molar-refractivity contribution in [2.75, 3.05) is 37.6 Å². The maximum atomic E-state index is 6.08. The summed E-state index contributed by atoms with van der Waals surface area (Å²) >= 11 is 0. The lowest BCUT2D eigenvalue weighted by molar-refractivity contribution is 0.237. The number of nitrogens with zero attached hydrogens (tertiary/aromatic N) is 4. The maximum absolute atomic E-state index is 6.08. The Labute approximate surface area is 109 Å². The van der Waals surface area contributed by atoms with Crippen LogP contribution in [0.5, 0.6) is 0 Å². The molecule has 2 N–H and O–H groups in total. The van der Waals surface area contributed by atoms with E-state index in [0.717, 1.165) is 45.1 Å². The first-order valence-corrected chi connectivity index (χ1v) is 6.79. The fraction of sp³-hybridized carbons (Fsp3) is 0.692. The van der Waals surface area contributed by atoms with E-state index < -0.39 is 0 Å². The number of aromatic nitrogens is 2. The second-order valence-corrected chi connectivity index (χ2v) is 4.89. The minimum atomic E-state index is 0.314. The predicted molar refractivity (Wildman–Crippen MR) is 73.6 cm³/mol. The molecule has 0 unspecified atom stereocenters. The van der Waals surface area contributed by atoms with Crippen LogP contribution in [-0.2, 0) is 0 Å². The molecule has 18 heavy (non-hydrogen) atoms. The molecule has 2 heterocycles. The Hall–Kier alpha value is -1.20. The second kappa shape index (κ2) is 6.66. The summed E-state index contributed by atoms with van der Waals surface area (Å²) in [6, 6.07) is 2.17. The van der Waals surface area contributed by atoms with Crippen LogP contribution in [0.1, 0.15) is 19.8 Å². The van der Waals surface area contributed by atoms with Gasteiger partial charge in [-0.1, -0.05) is 13.3 Å². The molecule has 100 valence electrons. The summed E-state index contributed by atoms with van der Waals surface area (Å²) in [5, 5.41) is 0. The number of anilines is 1. The van der Waals surface area contributed by atoms with Crippen LogP contribution in [0.4, 0.5) is 5.95 Å². The van der Waals surface area contributed by atoms with Crippen LogP contribution in [0, 0.1) is 0 Å². The van der Waals surface area contributed by atoms with Gasteiger partial charge >= 0.3 is 0 Å². The van der Waals surface area contributed by atoms with Gasteiger partial charge in [0.25, 0.3) is 0 Å². The molecule has 0 spiro atoms. The Balaban J connectivity index is 1.78. The Bertz CT molecular complexity index is 334. The second-order valence-electron chi connectivity index (χ2n) is 4.89. The molecule has 5 nitrogen and oxygen atoms in total. The molecular formula is C13H23N5. The van der Waals surface area contributed by atoms with E-state index in [9.17, 15) is 0 Å². The molecule has 0 radical (unpaired) electrons. The number of nitrogens with two attached hydrogens (primary N) is 1. The monoisotopic (exact) mass is 249 g/mol. The first-order chi connectivity index (χ1) is 8.79. The molecule has 2 rings (SSSR count). The quantitative estimate of drug-likeness (QED) is 0.833. The van der Waals surface area contributed by atoms with E-state index >= 15 is 0 Å². The van der Waals surface area contributed by atoms with Gasteiger partial charge in [0.05, 0.1) is 0 Å². The zero-order valence-electron chi connectivity index (χ0n) is 11.1. The van der Waals surface area contributed by atoms with Gasteiger partial charge in [-0.3, -0.25) is 4.90 Å². The lowest BCUT2D eigenvalue weighted by atomic mass is 10.1. The third-order valence-electron chi connectivity index (χ3n) is 3.36. The van der Waals surface area contributed by atoms with Crippen molar-refractivity contribution in [1.82, 2.24) is 14.9 Å². The fourth-order valence-electron chi connectivity index (χ4n) is 2.38. The lowest BCUT2D eigenvalue weighted by Gasteiger charge is -2.35. The van der Waals surface area contributed by atoms with Gasteiger partial charge in [0.2, 0.25) is 5.95 Å². The molecule has 1 fully saturated rings. The molecule has 0 aliphatic carbocycles. The third kappa shape index (κ3) is 3.65. The van der Waals surface area contributed by atoms with Gasteiger partial charge in [-0.2, -0.15) is 0 Å². The molecule has 1 aliphatic heterocycles. The Morgan fingerprint density at radius 3 is 2.50 bits per heavy atom. The molecule has 1 atom stereocenters. The maximum Gasteiger partial charge on any atom is 0.225 e. The number of piperazine rings is 1. The van der Waals surface area contributed by atoms with Crippen molar-refractivity contribution < 1.29 is 0 Å². The molecule has 1 aromatic rings. The van der Waals surface area contributed by atoms with Crippen molar-refractivity contribution in [2.45, 2.75) is 25.8 Å². The van der Waals surface area contributed by atoms with E-state index in [1.165, 1.54) is 6.42 Å². The smallest absolute Gasteiger partial charge is 0.225 e. The molecular weight excluding hydrogens is 226 g/mol. The van der Waals surface area contributed by atoms with Crippen molar-refractivity contribution in [2.24, 2.45) is 5.73 Å². The molecule has 1 aromatic heterocycles. The highest BCUT2D eigenvalue weighted by Crippen LogP contribution is 2.10. The van der Waals surface area contributed by atoms with Crippen molar-refractivity contribution in [3.63, 3.8) is 0 Å². The summed E-state index contributed by atoms with van der Waals surface area (Å²) in [6.07, 6.45) is 5.87. The Morgan fingerprint density at radius 1 is 1.22 bits per heavy atom. The molecule has 0 amide bonds. The number of hydrogen-bond acceptors (Lipinski definition) is 5. The zero-order chi connectivity index (χ0) is 12.8. The fourth-order valence-corrected chi connectivity index (χ4v) is 2.38. The SMILES string of the molecule is CCC[C@H](N)CN1CCN(c2ncccn2)CC1. The zero-order valence-corrected chi connectivity index (χ0v) is 11.1. The van der Waals surface area contributed by atoms with E-state index in [0.29, 0.717) is 6.04 Å². The third-order valence-corrected chi connectivity index (χ3v) is 3.36.